The summed E-state index contributed by atoms with van der Waals surface area (Å²) in [5.74, 6) is 0. The molecular formula is C5H14FOP. The summed E-state index contributed by atoms with van der Waals surface area (Å²) < 4.78 is 13.0. The van der Waals surface area contributed by atoms with Crippen molar-refractivity contribution < 1.29 is 9.30 Å². The molecule has 0 aromatic heterocycles. The van der Waals surface area contributed by atoms with Gasteiger partial charge in [0, 0.05) is 0 Å². The number of hydrogen-bond donors (Lipinski definition) is 1. The molecule has 0 rings (SSSR count). The molecular weight excluding hydrogens is 126 g/mol. The van der Waals surface area contributed by atoms with E-state index in [1.807, 2.05) is 0 Å². The molecule has 0 unspecified atom stereocenters. The monoisotopic (exact) mass is 140 g/mol. The van der Waals surface area contributed by atoms with Crippen molar-refractivity contribution in [1.29, 1.82) is 0 Å². The molecule has 0 aliphatic rings. The van der Waals surface area contributed by atoms with Crippen LogP contribution in [0.5, 0.6) is 0 Å². The van der Waals surface area contributed by atoms with Crippen molar-refractivity contribution in [2.45, 2.75) is 0 Å². The summed E-state index contributed by atoms with van der Waals surface area (Å²) >= 11 is 0. The van der Waals surface area contributed by atoms with Gasteiger partial charge in [-0.25, -0.2) is 0 Å². The number of aliphatic hydroxyl groups excluding tert-OH is 1. The van der Waals surface area contributed by atoms with Gasteiger partial charge < -0.3 is 0 Å². The normalized spacial score (nSPS) is 17.4. The minimum absolute atomic E-state index is 0.0299. The molecule has 0 heterocycles. The van der Waals surface area contributed by atoms with Gasteiger partial charge in [-0.15, -0.1) is 0 Å². The SMILES string of the molecule is CP(C)(C)(F)CCO. The van der Waals surface area contributed by atoms with E-state index in [2.05, 4.69) is 0 Å². The fourth-order valence-electron chi connectivity index (χ4n) is 0.338. The molecule has 0 fully saturated rings. The zero-order valence-electron chi connectivity index (χ0n) is 5.69. The van der Waals surface area contributed by atoms with Crippen molar-refractivity contribution >= 4 is 6.91 Å². The van der Waals surface area contributed by atoms with Crippen LogP contribution in [0.3, 0.4) is 0 Å². The second-order valence-corrected chi connectivity index (χ2v) is 9.65. The van der Waals surface area contributed by atoms with Crippen LogP contribution in [0, 0.1) is 0 Å². The van der Waals surface area contributed by atoms with Gasteiger partial charge in [-0.05, 0) is 0 Å². The van der Waals surface area contributed by atoms with Gasteiger partial charge in [0.25, 0.3) is 0 Å². The van der Waals surface area contributed by atoms with E-state index in [9.17, 15) is 4.20 Å². The van der Waals surface area contributed by atoms with E-state index < -0.39 is 6.91 Å². The van der Waals surface area contributed by atoms with E-state index in [0.717, 1.165) is 0 Å². The average molecular weight is 140 g/mol. The summed E-state index contributed by atoms with van der Waals surface area (Å²) in [4.78, 5) is 0. The van der Waals surface area contributed by atoms with Gasteiger partial charge in [0.15, 0.2) is 0 Å². The quantitative estimate of drug-likeness (QED) is 0.573. The molecule has 0 spiro atoms. The van der Waals surface area contributed by atoms with Gasteiger partial charge in [-0.2, -0.15) is 0 Å². The predicted molar refractivity (Wildman–Crippen MR) is 37.8 cm³/mol. The summed E-state index contributed by atoms with van der Waals surface area (Å²) in [6, 6.07) is 0. The Morgan fingerprint density at radius 1 is 1.38 bits per heavy atom. The molecule has 0 saturated carbocycles. The van der Waals surface area contributed by atoms with Gasteiger partial charge in [-0.3, -0.25) is 0 Å². The standard InChI is InChI=1S/C5H14FOP/c1-8(2,3,6)5-4-7/h7H,4-5H2,1-3H3. The summed E-state index contributed by atoms with van der Waals surface area (Å²) in [6.07, 6.45) is 0.325. The Balaban J connectivity index is 3.73. The molecule has 1 N–H and O–H groups in total. The Morgan fingerprint density at radius 3 is 1.75 bits per heavy atom. The number of rotatable bonds is 2. The van der Waals surface area contributed by atoms with E-state index in [0.29, 0.717) is 6.16 Å². The fourth-order valence-corrected chi connectivity index (χ4v) is 1.01. The third kappa shape index (κ3) is 6.32. The maximum atomic E-state index is 13.0. The zero-order chi connectivity index (χ0) is 6.86. The fraction of sp³-hybridized carbons (Fsp3) is 1.00. The summed E-state index contributed by atoms with van der Waals surface area (Å²) in [6.45, 7) is 1.91. The van der Waals surface area contributed by atoms with Crippen molar-refractivity contribution in [3.63, 3.8) is 0 Å². The van der Waals surface area contributed by atoms with Crippen molar-refractivity contribution in [1.82, 2.24) is 0 Å². The Morgan fingerprint density at radius 2 is 1.75 bits per heavy atom. The van der Waals surface area contributed by atoms with Crippen LogP contribution in [0.1, 0.15) is 0 Å². The van der Waals surface area contributed by atoms with Crippen LogP contribution in [0.25, 0.3) is 0 Å². The Hall–Kier alpha value is 0.320. The van der Waals surface area contributed by atoms with Crippen LogP contribution in [0.4, 0.5) is 4.20 Å². The average Bonchev–Trinajstić information content (AvgIpc) is 1.25. The van der Waals surface area contributed by atoms with Crippen LogP contribution in [0.2, 0.25) is 0 Å². The topological polar surface area (TPSA) is 20.2 Å². The second-order valence-electron chi connectivity index (χ2n) is 3.36. The third-order valence-electron chi connectivity index (χ3n) is 0.855. The first-order valence-corrected chi connectivity index (χ1v) is 6.30. The molecule has 0 aromatic carbocycles. The number of halogens is 1. The molecule has 0 aromatic rings. The predicted octanol–water partition coefficient (Wildman–Crippen LogP) is 1.31. The Kier molecular flexibility index (Phi) is 2.00. The summed E-state index contributed by atoms with van der Waals surface area (Å²) in [5.41, 5.74) is 0. The van der Waals surface area contributed by atoms with E-state index in [1.54, 1.807) is 20.0 Å². The van der Waals surface area contributed by atoms with Crippen molar-refractivity contribution in [3.8, 4) is 0 Å². The maximum absolute atomic E-state index is 13.0. The van der Waals surface area contributed by atoms with Crippen LogP contribution < -0.4 is 0 Å². The Labute approximate surface area is 50.0 Å². The van der Waals surface area contributed by atoms with Crippen LogP contribution in [-0.4, -0.2) is 37.9 Å². The molecule has 8 heavy (non-hydrogen) atoms. The molecule has 0 amide bonds. The second kappa shape index (κ2) is 1.93. The summed E-state index contributed by atoms with van der Waals surface area (Å²) in [7, 11) is 0. The first-order chi connectivity index (χ1) is 3.31. The van der Waals surface area contributed by atoms with Gasteiger partial charge in [0.1, 0.15) is 0 Å². The first-order valence-electron chi connectivity index (χ1n) is 2.64. The van der Waals surface area contributed by atoms with E-state index >= 15 is 0 Å². The number of aliphatic hydroxyl groups is 1. The van der Waals surface area contributed by atoms with Crippen molar-refractivity contribution in [3.05, 3.63) is 0 Å². The number of hydrogen-bond acceptors (Lipinski definition) is 1. The molecule has 3 heteroatoms. The molecule has 0 atom stereocenters. The molecule has 0 bridgehead atoms. The molecule has 1 nitrogen and oxygen atoms in total. The van der Waals surface area contributed by atoms with Gasteiger partial charge in [-0.1, -0.05) is 0 Å². The summed E-state index contributed by atoms with van der Waals surface area (Å²) in [5, 5.41) is 8.36. The van der Waals surface area contributed by atoms with Crippen LogP contribution >= 0.6 is 6.91 Å². The van der Waals surface area contributed by atoms with Crippen molar-refractivity contribution in [2.75, 3.05) is 32.8 Å². The first kappa shape index (κ1) is 8.32. The van der Waals surface area contributed by atoms with Gasteiger partial charge in [0.2, 0.25) is 0 Å². The van der Waals surface area contributed by atoms with E-state index in [4.69, 9.17) is 5.11 Å². The van der Waals surface area contributed by atoms with E-state index in [-0.39, 0.29) is 6.61 Å². The van der Waals surface area contributed by atoms with Crippen LogP contribution in [0.15, 0.2) is 0 Å². The third-order valence-corrected chi connectivity index (χ3v) is 2.57. The molecule has 52 valence electrons. The van der Waals surface area contributed by atoms with E-state index in [1.165, 1.54) is 0 Å². The molecule has 0 radical (unpaired) electrons. The van der Waals surface area contributed by atoms with Crippen LogP contribution in [-0.2, 0) is 0 Å². The van der Waals surface area contributed by atoms with Gasteiger partial charge in [0.05, 0.1) is 0 Å². The molecule has 0 saturated heterocycles. The molecule has 0 aliphatic heterocycles. The van der Waals surface area contributed by atoms with Gasteiger partial charge >= 0.3 is 49.0 Å². The molecule has 0 aliphatic carbocycles. The van der Waals surface area contributed by atoms with Crippen molar-refractivity contribution in [2.24, 2.45) is 0 Å². The Bertz CT molecular complexity index is 74.9. The minimum atomic E-state index is -2.85. The zero-order valence-corrected chi connectivity index (χ0v) is 6.58.